The maximum atomic E-state index is 10.5. The molecule has 0 aromatic rings. The van der Waals surface area contributed by atoms with Gasteiger partial charge in [-0.1, -0.05) is 13.8 Å². The monoisotopic (exact) mass is 209 g/mol. The number of nitrogens with two attached hydrogens (primary N) is 1. The Kier molecular flexibility index (Phi) is 5.51. The molecule has 0 aromatic carbocycles. The molecule has 0 fully saturated rings. The third-order valence-corrected chi connectivity index (χ3v) is 2.31. The molecule has 13 heavy (non-hydrogen) atoms. The molecule has 4 nitrogen and oxygen atoms in total. The van der Waals surface area contributed by atoms with E-state index in [4.69, 9.17) is 9.88 Å². The van der Waals surface area contributed by atoms with Crippen LogP contribution >= 0.6 is 0 Å². The van der Waals surface area contributed by atoms with Crippen LogP contribution in [0.5, 0.6) is 0 Å². The molecule has 0 spiro atoms. The first-order valence-corrected chi connectivity index (χ1v) is 6.15. The van der Waals surface area contributed by atoms with Gasteiger partial charge in [-0.15, -0.1) is 0 Å². The lowest BCUT2D eigenvalue weighted by atomic mass is 10.1. The second-order valence-electron chi connectivity index (χ2n) is 3.68. The molecular weight excluding hydrogens is 190 g/mol. The Hall–Kier alpha value is -0.130. The van der Waals surface area contributed by atoms with Crippen LogP contribution in [-0.4, -0.2) is 26.9 Å². The fourth-order valence-corrected chi connectivity index (χ4v) is 1.43. The molecule has 0 amide bonds. The van der Waals surface area contributed by atoms with Crippen molar-refractivity contribution in [1.82, 2.24) is 0 Å². The van der Waals surface area contributed by atoms with Crippen LogP contribution in [0, 0.1) is 5.92 Å². The van der Waals surface area contributed by atoms with Crippen LogP contribution in [0.3, 0.4) is 0 Å². The average Bonchev–Trinajstić information content (AvgIpc) is 1.81. The fraction of sp³-hybridized carbons (Fsp3) is 1.00. The van der Waals surface area contributed by atoms with Crippen LogP contribution in [0.15, 0.2) is 0 Å². The van der Waals surface area contributed by atoms with Gasteiger partial charge in [0.25, 0.3) is 0 Å². The molecule has 0 saturated heterocycles. The number of primary sulfonamides is 1. The Morgan fingerprint density at radius 3 is 2.23 bits per heavy atom. The highest BCUT2D eigenvalue weighted by molar-refractivity contribution is 7.89. The predicted octanol–water partition coefficient (Wildman–Crippen LogP) is 0.726. The van der Waals surface area contributed by atoms with Gasteiger partial charge < -0.3 is 4.74 Å². The van der Waals surface area contributed by atoms with E-state index in [0.717, 1.165) is 6.42 Å². The van der Waals surface area contributed by atoms with E-state index in [-0.39, 0.29) is 18.5 Å². The van der Waals surface area contributed by atoms with Gasteiger partial charge in [-0.25, -0.2) is 13.6 Å². The molecule has 1 atom stereocenters. The van der Waals surface area contributed by atoms with Gasteiger partial charge in [-0.3, -0.25) is 0 Å². The molecular formula is C8H19NO3S. The van der Waals surface area contributed by atoms with Crippen molar-refractivity contribution in [3.05, 3.63) is 0 Å². The summed E-state index contributed by atoms with van der Waals surface area (Å²) in [4.78, 5) is 0. The van der Waals surface area contributed by atoms with Crippen molar-refractivity contribution in [3.63, 3.8) is 0 Å². The molecule has 1 unspecified atom stereocenters. The minimum atomic E-state index is -3.37. The lowest BCUT2D eigenvalue weighted by molar-refractivity contribution is 0.0627. The largest absolute Gasteiger partial charge is 0.377 e. The normalized spacial score (nSPS) is 14.8. The SMILES string of the molecule is CC(C)CC(C)OCCS(N)(=O)=O. The van der Waals surface area contributed by atoms with E-state index in [1.807, 2.05) is 6.92 Å². The molecule has 5 heteroatoms. The van der Waals surface area contributed by atoms with Gasteiger partial charge in [0.2, 0.25) is 10.0 Å². The summed E-state index contributed by atoms with van der Waals surface area (Å²) in [6, 6.07) is 0. The van der Waals surface area contributed by atoms with Gasteiger partial charge in [0.1, 0.15) is 0 Å². The zero-order valence-corrected chi connectivity index (χ0v) is 9.30. The van der Waals surface area contributed by atoms with Crippen molar-refractivity contribution in [2.24, 2.45) is 11.1 Å². The highest BCUT2D eigenvalue weighted by Gasteiger charge is 2.07. The van der Waals surface area contributed by atoms with Gasteiger partial charge in [0.05, 0.1) is 18.5 Å². The molecule has 0 rings (SSSR count). The van der Waals surface area contributed by atoms with Crippen LogP contribution in [0.2, 0.25) is 0 Å². The Morgan fingerprint density at radius 1 is 1.31 bits per heavy atom. The first kappa shape index (κ1) is 12.9. The highest BCUT2D eigenvalue weighted by atomic mass is 32.2. The second kappa shape index (κ2) is 5.57. The summed E-state index contributed by atoms with van der Waals surface area (Å²) in [6.07, 6.45) is 1.03. The smallest absolute Gasteiger partial charge is 0.211 e. The fourth-order valence-electron chi connectivity index (χ4n) is 1.10. The molecule has 0 saturated carbocycles. The minimum absolute atomic E-state index is 0.0988. The number of rotatable bonds is 6. The third-order valence-electron chi connectivity index (χ3n) is 1.57. The average molecular weight is 209 g/mol. The van der Waals surface area contributed by atoms with E-state index in [0.29, 0.717) is 5.92 Å². The van der Waals surface area contributed by atoms with Crippen molar-refractivity contribution in [2.75, 3.05) is 12.4 Å². The van der Waals surface area contributed by atoms with E-state index in [1.165, 1.54) is 0 Å². The van der Waals surface area contributed by atoms with E-state index < -0.39 is 10.0 Å². The van der Waals surface area contributed by atoms with Crippen LogP contribution in [0.25, 0.3) is 0 Å². The van der Waals surface area contributed by atoms with Crippen LogP contribution < -0.4 is 5.14 Å². The van der Waals surface area contributed by atoms with Crippen LogP contribution in [0.1, 0.15) is 27.2 Å². The van der Waals surface area contributed by atoms with E-state index in [2.05, 4.69) is 13.8 Å². The molecule has 2 N–H and O–H groups in total. The molecule has 0 aromatic heterocycles. The summed E-state index contributed by atoms with van der Waals surface area (Å²) < 4.78 is 26.3. The van der Waals surface area contributed by atoms with Crippen molar-refractivity contribution >= 4 is 10.0 Å². The Bertz CT molecular complexity index is 224. The highest BCUT2D eigenvalue weighted by Crippen LogP contribution is 2.06. The summed E-state index contributed by atoms with van der Waals surface area (Å²) in [5.41, 5.74) is 0. The van der Waals surface area contributed by atoms with Gasteiger partial charge in [-0.05, 0) is 19.3 Å². The van der Waals surface area contributed by atoms with Gasteiger partial charge in [0.15, 0.2) is 0 Å². The lowest BCUT2D eigenvalue weighted by Gasteiger charge is -2.14. The quantitative estimate of drug-likeness (QED) is 0.701. The van der Waals surface area contributed by atoms with Crippen molar-refractivity contribution in [1.29, 1.82) is 0 Å². The van der Waals surface area contributed by atoms with E-state index >= 15 is 0 Å². The van der Waals surface area contributed by atoms with Crippen LogP contribution in [0.4, 0.5) is 0 Å². The molecule has 0 bridgehead atoms. The van der Waals surface area contributed by atoms with Crippen LogP contribution in [-0.2, 0) is 14.8 Å². The first-order chi connectivity index (χ1) is 5.81. The molecule has 0 aliphatic heterocycles. The zero-order chi connectivity index (χ0) is 10.5. The number of sulfonamides is 1. The summed E-state index contributed by atoms with van der Waals surface area (Å²) in [5.74, 6) is 0.458. The van der Waals surface area contributed by atoms with Crippen molar-refractivity contribution in [3.8, 4) is 0 Å². The molecule has 0 aliphatic carbocycles. The second-order valence-corrected chi connectivity index (χ2v) is 5.41. The first-order valence-electron chi connectivity index (χ1n) is 4.43. The summed E-state index contributed by atoms with van der Waals surface area (Å²) in [6.45, 7) is 6.31. The number of hydrogen-bond donors (Lipinski definition) is 1. The Morgan fingerprint density at radius 2 is 1.85 bits per heavy atom. The standard InChI is InChI=1S/C8H19NO3S/c1-7(2)6-8(3)12-4-5-13(9,10)11/h7-8H,4-6H2,1-3H3,(H2,9,10,11). The molecule has 0 aliphatic rings. The molecule has 80 valence electrons. The van der Waals surface area contributed by atoms with Gasteiger partial charge in [-0.2, -0.15) is 0 Å². The van der Waals surface area contributed by atoms with Crippen molar-refractivity contribution in [2.45, 2.75) is 33.3 Å². The maximum absolute atomic E-state index is 10.5. The lowest BCUT2D eigenvalue weighted by Crippen LogP contribution is -2.22. The molecule has 0 radical (unpaired) electrons. The zero-order valence-electron chi connectivity index (χ0n) is 8.49. The third kappa shape index (κ3) is 9.79. The summed E-state index contributed by atoms with van der Waals surface area (Å²) in [7, 11) is -3.37. The van der Waals surface area contributed by atoms with Gasteiger partial charge >= 0.3 is 0 Å². The predicted molar refractivity (Wildman–Crippen MR) is 52.8 cm³/mol. The van der Waals surface area contributed by atoms with Crippen molar-refractivity contribution < 1.29 is 13.2 Å². The molecule has 0 heterocycles. The minimum Gasteiger partial charge on any atom is -0.377 e. The van der Waals surface area contributed by atoms with E-state index in [1.54, 1.807) is 0 Å². The number of ether oxygens (including phenoxy) is 1. The topological polar surface area (TPSA) is 69.4 Å². The Balaban J connectivity index is 3.54. The van der Waals surface area contributed by atoms with E-state index in [9.17, 15) is 8.42 Å². The Labute approximate surface area is 80.5 Å². The van der Waals surface area contributed by atoms with Gasteiger partial charge in [0, 0.05) is 0 Å². The number of hydrogen-bond acceptors (Lipinski definition) is 3. The summed E-state index contributed by atoms with van der Waals surface area (Å²) >= 11 is 0. The maximum Gasteiger partial charge on any atom is 0.211 e. The summed E-state index contributed by atoms with van der Waals surface area (Å²) in [5, 5.41) is 4.82.